The largest absolute Gasteiger partial charge is 0.392 e. The third-order valence-electron chi connectivity index (χ3n) is 2.96. The third kappa shape index (κ3) is 6.04. The minimum atomic E-state index is -0.381. The normalized spacial score (nSPS) is 12.6. The van der Waals surface area contributed by atoms with Gasteiger partial charge in [0.05, 0.1) is 6.61 Å². The zero-order valence-electron chi connectivity index (χ0n) is 12.1. The van der Waals surface area contributed by atoms with Gasteiger partial charge in [0.1, 0.15) is 5.82 Å². The lowest BCUT2D eigenvalue weighted by atomic mass is 10.1. The quantitative estimate of drug-likeness (QED) is 0.408. The van der Waals surface area contributed by atoms with Crippen molar-refractivity contribution in [2.45, 2.75) is 39.5 Å². The Bertz CT molecular complexity index is 440. The Hall–Kier alpha value is -0.890. The molecule has 3 N–H and O–H groups in total. The van der Waals surface area contributed by atoms with E-state index in [0.717, 1.165) is 12.0 Å². The van der Waals surface area contributed by atoms with Crippen LogP contribution in [0.4, 0.5) is 4.39 Å². The van der Waals surface area contributed by atoms with Crippen molar-refractivity contribution < 1.29 is 9.50 Å². The summed E-state index contributed by atoms with van der Waals surface area (Å²) in [6.45, 7) is 4.41. The lowest BCUT2D eigenvalue weighted by molar-refractivity contribution is 0.275. The van der Waals surface area contributed by atoms with Crippen LogP contribution in [0.15, 0.2) is 23.2 Å². The average molecular weight is 395 g/mol. The van der Waals surface area contributed by atoms with Crippen LogP contribution in [-0.2, 0) is 13.2 Å². The monoisotopic (exact) mass is 395 g/mol. The molecule has 0 saturated heterocycles. The number of guanidine groups is 1. The van der Waals surface area contributed by atoms with E-state index in [-0.39, 0.29) is 36.4 Å². The van der Waals surface area contributed by atoms with E-state index < -0.39 is 0 Å². The Morgan fingerprint density at radius 2 is 2.15 bits per heavy atom. The summed E-state index contributed by atoms with van der Waals surface area (Å²) >= 11 is 0. The number of nitrogens with one attached hydrogen (secondary N) is 2. The Kier molecular flexibility index (Phi) is 9.49. The molecule has 1 aromatic carbocycles. The first-order chi connectivity index (χ1) is 9.10. The number of nitrogens with zero attached hydrogens (tertiary/aromatic N) is 1. The second-order valence-corrected chi connectivity index (χ2v) is 4.46. The minimum Gasteiger partial charge on any atom is -0.392 e. The second-order valence-electron chi connectivity index (χ2n) is 4.46. The lowest BCUT2D eigenvalue weighted by Gasteiger charge is -2.16. The maximum Gasteiger partial charge on any atom is 0.191 e. The van der Waals surface area contributed by atoms with Gasteiger partial charge in [0.15, 0.2) is 5.96 Å². The summed E-state index contributed by atoms with van der Waals surface area (Å²) < 4.78 is 13.2. The molecule has 6 heteroatoms. The molecule has 0 fully saturated rings. The van der Waals surface area contributed by atoms with Crippen LogP contribution in [0.1, 0.15) is 31.4 Å². The van der Waals surface area contributed by atoms with Gasteiger partial charge in [0, 0.05) is 25.2 Å². The van der Waals surface area contributed by atoms with Crippen molar-refractivity contribution in [2.24, 2.45) is 4.99 Å². The van der Waals surface area contributed by atoms with Crippen LogP contribution in [-0.4, -0.2) is 24.2 Å². The SMILES string of the molecule is CCC(C)NC(=NC)NCc1ccc(F)c(CO)c1.I. The molecule has 0 bridgehead atoms. The molecular weight excluding hydrogens is 372 g/mol. The molecule has 20 heavy (non-hydrogen) atoms. The molecule has 0 saturated carbocycles. The van der Waals surface area contributed by atoms with Gasteiger partial charge < -0.3 is 15.7 Å². The maximum absolute atomic E-state index is 13.2. The maximum atomic E-state index is 13.2. The fraction of sp³-hybridized carbons (Fsp3) is 0.500. The van der Waals surface area contributed by atoms with Gasteiger partial charge in [-0.3, -0.25) is 4.99 Å². The Balaban J connectivity index is 0.00000361. The van der Waals surface area contributed by atoms with E-state index in [1.807, 2.05) is 0 Å². The van der Waals surface area contributed by atoms with Crippen molar-refractivity contribution in [3.63, 3.8) is 0 Å². The van der Waals surface area contributed by atoms with E-state index in [0.29, 0.717) is 24.1 Å². The van der Waals surface area contributed by atoms with Crippen molar-refractivity contribution in [1.29, 1.82) is 0 Å². The van der Waals surface area contributed by atoms with Gasteiger partial charge >= 0.3 is 0 Å². The zero-order valence-corrected chi connectivity index (χ0v) is 14.4. The van der Waals surface area contributed by atoms with Gasteiger partial charge in [-0.1, -0.05) is 13.0 Å². The second kappa shape index (κ2) is 9.93. The first-order valence-electron chi connectivity index (χ1n) is 6.46. The van der Waals surface area contributed by atoms with E-state index in [2.05, 4.69) is 29.5 Å². The summed E-state index contributed by atoms with van der Waals surface area (Å²) in [5.74, 6) is 0.331. The van der Waals surface area contributed by atoms with Crippen molar-refractivity contribution in [2.75, 3.05) is 7.05 Å². The topological polar surface area (TPSA) is 56.7 Å². The molecule has 1 unspecified atom stereocenters. The minimum absolute atomic E-state index is 0. The molecule has 1 aromatic rings. The van der Waals surface area contributed by atoms with Crippen molar-refractivity contribution in [3.05, 3.63) is 35.1 Å². The first-order valence-corrected chi connectivity index (χ1v) is 6.46. The Labute approximate surface area is 136 Å². The van der Waals surface area contributed by atoms with Crippen molar-refractivity contribution >= 4 is 29.9 Å². The number of aliphatic hydroxyl groups excluding tert-OH is 1. The predicted octanol–water partition coefficient (Wildman–Crippen LogP) is 2.40. The fourth-order valence-electron chi connectivity index (χ4n) is 1.58. The van der Waals surface area contributed by atoms with Crippen LogP contribution in [0.25, 0.3) is 0 Å². The third-order valence-corrected chi connectivity index (χ3v) is 2.96. The summed E-state index contributed by atoms with van der Waals surface area (Å²) in [6, 6.07) is 5.05. The summed E-state index contributed by atoms with van der Waals surface area (Å²) in [5.41, 5.74) is 1.21. The number of rotatable bonds is 5. The van der Waals surface area contributed by atoms with E-state index in [4.69, 9.17) is 5.11 Å². The number of aliphatic hydroxyl groups is 1. The number of hydrogen-bond acceptors (Lipinski definition) is 2. The fourth-order valence-corrected chi connectivity index (χ4v) is 1.58. The van der Waals surface area contributed by atoms with E-state index in [9.17, 15) is 4.39 Å². The van der Waals surface area contributed by atoms with Crippen LogP contribution in [0.3, 0.4) is 0 Å². The molecular formula is C14H23FIN3O. The van der Waals surface area contributed by atoms with Crippen LogP contribution in [0.5, 0.6) is 0 Å². The summed E-state index contributed by atoms with van der Waals surface area (Å²) in [5, 5.41) is 15.4. The summed E-state index contributed by atoms with van der Waals surface area (Å²) in [6.07, 6.45) is 1.01. The predicted molar refractivity (Wildman–Crippen MR) is 90.8 cm³/mol. The number of benzene rings is 1. The number of aliphatic imine (C=N–C) groups is 1. The zero-order chi connectivity index (χ0) is 14.3. The molecule has 114 valence electrons. The van der Waals surface area contributed by atoms with Gasteiger partial charge in [0.25, 0.3) is 0 Å². The van der Waals surface area contributed by atoms with Crippen LogP contribution < -0.4 is 10.6 Å². The van der Waals surface area contributed by atoms with Crippen LogP contribution in [0.2, 0.25) is 0 Å². The van der Waals surface area contributed by atoms with E-state index in [1.165, 1.54) is 6.07 Å². The molecule has 0 aliphatic rings. The standard InChI is InChI=1S/C14H22FN3O.HI/c1-4-10(2)18-14(16-3)17-8-11-5-6-13(15)12(7-11)9-19;/h5-7,10,19H,4,8-9H2,1-3H3,(H2,16,17,18);1H. The molecule has 1 rings (SSSR count). The van der Waals surface area contributed by atoms with E-state index in [1.54, 1.807) is 19.2 Å². The lowest BCUT2D eigenvalue weighted by Crippen LogP contribution is -2.41. The van der Waals surface area contributed by atoms with Crippen LogP contribution >= 0.6 is 24.0 Å². The molecule has 0 aromatic heterocycles. The summed E-state index contributed by atoms with van der Waals surface area (Å²) in [4.78, 5) is 4.12. The molecule has 0 aliphatic heterocycles. The van der Waals surface area contributed by atoms with E-state index >= 15 is 0 Å². The summed E-state index contributed by atoms with van der Waals surface area (Å²) in [7, 11) is 1.71. The molecule has 0 amide bonds. The highest BCUT2D eigenvalue weighted by Crippen LogP contribution is 2.10. The van der Waals surface area contributed by atoms with Gasteiger partial charge in [-0.2, -0.15) is 0 Å². The molecule has 4 nitrogen and oxygen atoms in total. The molecule has 0 heterocycles. The molecule has 1 atom stereocenters. The van der Waals surface area contributed by atoms with Gasteiger partial charge in [-0.05, 0) is 31.0 Å². The van der Waals surface area contributed by atoms with Crippen molar-refractivity contribution in [1.82, 2.24) is 10.6 Å². The smallest absolute Gasteiger partial charge is 0.191 e. The molecule has 0 aliphatic carbocycles. The Morgan fingerprint density at radius 3 is 2.70 bits per heavy atom. The Morgan fingerprint density at radius 1 is 1.45 bits per heavy atom. The average Bonchev–Trinajstić information content (AvgIpc) is 2.44. The van der Waals surface area contributed by atoms with Gasteiger partial charge in [0.2, 0.25) is 0 Å². The van der Waals surface area contributed by atoms with Gasteiger partial charge in [-0.15, -0.1) is 24.0 Å². The highest BCUT2D eigenvalue weighted by Gasteiger charge is 2.05. The first kappa shape index (κ1) is 19.1. The molecule has 0 spiro atoms. The highest BCUT2D eigenvalue weighted by molar-refractivity contribution is 14.0. The molecule has 0 radical (unpaired) electrons. The number of hydrogen-bond donors (Lipinski definition) is 3. The van der Waals surface area contributed by atoms with Gasteiger partial charge in [-0.25, -0.2) is 4.39 Å². The highest BCUT2D eigenvalue weighted by atomic mass is 127. The number of halogens is 2. The van der Waals surface area contributed by atoms with Crippen molar-refractivity contribution in [3.8, 4) is 0 Å². The van der Waals surface area contributed by atoms with Crippen LogP contribution in [0, 0.1) is 5.82 Å².